The summed E-state index contributed by atoms with van der Waals surface area (Å²) in [6.07, 6.45) is 0. The maximum atomic E-state index is 12.5. The number of hydrogen-bond donors (Lipinski definition) is 1. The van der Waals surface area contributed by atoms with E-state index in [0.29, 0.717) is 10.7 Å². The topological polar surface area (TPSA) is 42.0 Å². The Kier molecular flexibility index (Phi) is 4.49. The van der Waals surface area contributed by atoms with Gasteiger partial charge in [0.15, 0.2) is 5.13 Å². The molecule has 0 saturated heterocycles. The normalized spacial score (nSPS) is 10.7. The predicted octanol–water partition coefficient (Wildman–Crippen LogP) is 5.30. The zero-order valence-corrected chi connectivity index (χ0v) is 15.1. The Hall–Kier alpha value is -2.46. The molecule has 3 rings (SSSR count). The van der Waals surface area contributed by atoms with Gasteiger partial charge in [-0.1, -0.05) is 29.8 Å². The minimum atomic E-state index is -0.114. The Balaban J connectivity index is 1.82. The number of rotatable bonds is 3. The molecule has 0 spiro atoms. The Bertz CT molecular complexity index is 912. The van der Waals surface area contributed by atoms with E-state index < -0.39 is 0 Å². The van der Waals surface area contributed by atoms with E-state index in [1.807, 2.05) is 37.4 Å². The van der Waals surface area contributed by atoms with Gasteiger partial charge in [-0.25, -0.2) is 4.98 Å². The van der Waals surface area contributed by atoms with Gasteiger partial charge in [0, 0.05) is 16.5 Å². The SMILES string of the molecule is Cc1ccc(C)c(C(=O)Nc2nc(-c3ccc(C)c(C)c3)cs2)c1. The van der Waals surface area contributed by atoms with Crippen molar-refractivity contribution >= 4 is 22.4 Å². The lowest BCUT2D eigenvalue weighted by Gasteiger charge is -2.06. The molecule has 2 aromatic carbocycles. The lowest BCUT2D eigenvalue weighted by molar-refractivity contribution is 0.102. The zero-order valence-electron chi connectivity index (χ0n) is 14.3. The van der Waals surface area contributed by atoms with Crippen molar-refractivity contribution in [3.63, 3.8) is 0 Å². The molecule has 3 aromatic rings. The van der Waals surface area contributed by atoms with Gasteiger partial charge in [-0.3, -0.25) is 10.1 Å². The number of benzene rings is 2. The highest BCUT2D eigenvalue weighted by molar-refractivity contribution is 7.14. The van der Waals surface area contributed by atoms with Crippen LogP contribution in [0.15, 0.2) is 41.8 Å². The summed E-state index contributed by atoms with van der Waals surface area (Å²) in [6.45, 7) is 8.11. The summed E-state index contributed by atoms with van der Waals surface area (Å²) in [6, 6.07) is 12.2. The van der Waals surface area contributed by atoms with Gasteiger partial charge in [-0.2, -0.15) is 0 Å². The second-order valence-corrected chi connectivity index (χ2v) is 6.97. The summed E-state index contributed by atoms with van der Waals surface area (Å²) in [7, 11) is 0. The number of aromatic nitrogens is 1. The van der Waals surface area contributed by atoms with Gasteiger partial charge in [0.2, 0.25) is 0 Å². The van der Waals surface area contributed by atoms with Gasteiger partial charge in [0.1, 0.15) is 0 Å². The summed E-state index contributed by atoms with van der Waals surface area (Å²) in [5, 5.41) is 5.51. The van der Waals surface area contributed by atoms with Crippen molar-refractivity contribution in [1.29, 1.82) is 0 Å². The van der Waals surface area contributed by atoms with Crippen molar-refractivity contribution in [2.45, 2.75) is 27.7 Å². The number of anilines is 1. The third kappa shape index (κ3) is 3.39. The first-order chi connectivity index (χ1) is 11.4. The van der Waals surface area contributed by atoms with Gasteiger partial charge < -0.3 is 0 Å². The van der Waals surface area contributed by atoms with E-state index in [0.717, 1.165) is 22.4 Å². The van der Waals surface area contributed by atoms with Gasteiger partial charge in [-0.15, -0.1) is 11.3 Å². The van der Waals surface area contributed by atoms with Crippen LogP contribution in [0.1, 0.15) is 32.6 Å². The van der Waals surface area contributed by atoms with Crippen LogP contribution in [0.3, 0.4) is 0 Å². The smallest absolute Gasteiger partial charge is 0.257 e. The summed E-state index contributed by atoms with van der Waals surface area (Å²) in [5.74, 6) is -0.114. The van der Waals surface area contributed by atoms with Crippen molar-refractivity contribution in [3.05, 3.63) is 69.6 Å². The molecule has 24 heavy (non-hydrogen) atoms. The first-order valence-corrected chi connectivity index (χ1v) is 8.74. The van der Waals surface area contributed by atoms with E-state index in [1.165, 1.54) is 22.5 Å². The van der Waals surface area contributed by atoms with Crippen LogP contribution in [-0.2, 0) is 0 Å². The molecule has 4 heteroatoms. The highest BCUT2D eigenvalue weighted by atomic mass is 32.1. The van der Waals surface area contributed by atoms with Crippen LogP contribution in [0.4, 0.5) is 5.13 Å². The van der Waals surface area contributed by atoms with E-state index in [1.54, 1.807) is 0 Å². The highest BCUT2D eigenvalue weighted by Gasteiger charge is 2.12. The number of carbonyl (C=O) groups excluding carboxylic acids is 1. The van der Waals surface area contributed by atoms with Crippen LogP contribution in [-0.4, -0.2) is 10.9 Å². The van der Waals surface area contributed by atoms with Crippen LogP contribution >= 0.6 is 11.3 Å². The Morgan fingerprint density at radius 1 is 0.958 bits per heavy atom. The predicted molar refractivity (Wildman–Crippen MR) is 101 cm³/mol. The van der Waals surface area contributed by atoms with Crippen molar-refractivity contribution in [3.8, 4) is 11.3 Å². The molecule has 1 N–H and O–H groups in total. The molecule has 0 unspecified atom stereocenters. The maximum absolute atomic E-state index is 12.5. The average Bonchev–Trinajstić information content (AvgIpc) is 3.00. The maximum Gasteiger partial charge on any atom is 0.257 e. The molecule has 0 saturated carbocycles. The Labute approximate surface area is 146 Å². The molecule has 0 aliphatic rings. The van der Waals surface area contributed by atoms with Gasteiger partial charge in [0.25, 0.3) is 5.91 Å². The number of thiazole rings is 1. The number of carbonyl (C=O) groups is 1. The van der Waals surface area contributed by atoms with Crippen LogP contribution in [0.5, 0.6) is 0 Å². The fourth-order valence-electron chi connectivity index (χ4n) is 2.51. The molecule has 1 aromatic heterocycles. The lowest BCUT2D eigenvalue weighted by atomic mass is 10.1. The van der Waals surface area contributed by atoms with Crippen molar-refractivity contribution in [1.82, 2.24) is 4.98 Å². The molecule has 0 atom stereocenters. The van der Waals surface area contributed by atoms with E-state index in [4.69, 9.17) is 0 Å². The van der Waals surface area contributed by atoms with E-state index >= 15 is 0 Å². The number of nitrogens with zero attached hydrogens (tertiary/aromatic N) is 1. The van der Waals surface area contributed by atoms with E-state index in [9.17, 15) is 4.79 Å². The zero-order chi connectivity index (χ0) is 17.3. The highest BCUT2D eigenvalue weighted by Crippen LogP contribution is 2.27. The van der Waals surface area contributed by atoms with Crippen molar-refractivity contribution in [2.75, 3.05) is 5.32 Å². The molecule has 0 aliphatic carbocycles. The van der Waals surface area contributed by atoms with Gasteiger partial charge >= 0.3 is 0 Å². The number of aryl methyl sites for hydroxylation is 4. The first-order valence-electron chi connectivity index (χ1n) is 7.86. The molecule has 1 amide bonds. The van der Waals surface area contributed by atoms with Gasteiger partial charge in [0.05, 0.1) is 5.69 Å². The minimum Gasteiger partial charge on any atom is -0.298 e. The van der Waals surface area contributed by atoms with Crippen LogP contribution in [0, 0.1) is 27.7 Å². The minimum absolute atomic E-state index is 0.114. The standard InChI is InChI=1S/C20H20N2OS/c1-12-5-6-14(3)17(9-12)19(23)22-20-21-18(11-24-20)16-8-7-13(2)15(4)10-16/h5-11H,1-4H3,(H,21,22,23). The van der Waals surface area contributed by atoms with Crippen LogP contribution in [0.25, 0.3) is 11.3 Å². The first kappa shape index (κ1) is 16.4. The molecule has 0 fully saturated rings. The Morgan fingerprint density at radius 3 is 2.46 bits per heavy atom. The molecular weight excluding hydrogens is 316 g/mol. The molecule has 0 radical (unpaired) electrons. The van der Waals surface area contributed by atoms with Crippen molar-refractivity contribution in [2.24, 2.45) is 0 Å². The Morgan fingerprint density at radius 2 is 1.71 bits per heavy atom. The monoisotopic (exact) mass is 336 g/mol. The van der Waals surface area contributed by atoms with Crippen molar-refractivity contribution < 1.29 is 4.79 Å². The number of nitrogens with one attached hydrogen (secondary N) is 1. The van der Waals surface area contributed by atoms with E-state index in [-0.39, 0.29) is 5.91 Å². The second-order valence-electron chi connectivity index (χ2n) is 6.11. The summed E-state index contributed by atoms with van der Waals surface area (Å²) in [4.78, 5) is 17.0. The quantitative estimate of drug-likeness (QED) is 0.705. The third-order valence-electron chi connectivity index (χ3n) is 4.17. The molecule has 0 bridgehead atoms. The summed E-state index contributed by atoms with van der Waals surface area (Å²) >= 11 is 1.44. The van der Waals surface area contributed by atoms with E-state index in [2.05, 4.69) is 42.3 Å². The largest absolute Gasteiger partial charge is 0.298 e. The average molecular weight is 336 g/mol. The molecule has 1 heterocycles. The number of amides is 1. The van der Waals surface area contributed by atoms with Crippen LogP contribution in [0.2, 0.25) is 0 Å². The fraction of sp³-hybridized carbons (Fsp3) is 0.200. The molecule has 0 aliphatic heterocycles. The molecule has 3 nitrogen and oxygen atoms in total. The lowest BCUT2D eigenvalue weighted by Crippen LogP contribution is -2.13. The fourth-order valence-corrected chi connectivity index (χ4v) is 3.22. The second kappa shape index (κ2) is 6.57. The molecular formula is C20H20N2OS. The molecule has 122 valence electrons. The van der Waals surface area contributed by atoms with Gasteiger partial charge in [-0.05, 0) is 56.5 Å². The van der Waals surface area contributed by atoms with Crippen LogP contribution < -0.4 is 5.32 Å². The summed E-state index contributed by atoms with van der Waals surface area (Å²) in [5.41, 5.74) is 7.18. The number of hydrogen-bond acceptors (Lipinski definition) is 3. The summed E-state index contributed by atoms with van der Waals surface area (Å²) < 4.78 is 0. The third-order valence-corrected chi connectivity index (χ3v) is 4.92.